The summed E-state index contributed by atoms with van der Waals surface area (Å²) in [6.45, 7) is 4.70. The Bertz CT molecular complexity index is 514. The summed E-state index contributed by atoms with van der Waals surface area (Å²) in [4.78, 5) is 14.6. The quantitative estimate of drug-likeness (QED) is 0.769. The second-order valence-corrected chi connectivity index (χ2v) is 7.40. The van der Waals surface area contributed by atoms with Crippen LogP contribution >= 0.6 is 0 Å². The minimum atomic E-state index is 0.195. The molecule has 138 valence electrons. The van der Waals surface area contributed by atoms with E-state index < -0.39 is 0 Å². The highest BCUT2D eigenvalue weighted by molar-refractivity contribution is 5.78. The number of nitrogens with zero attached hydrogens (tertiary/aromatic N) is 1. The number of ether oxygens (including phenoxy) is 1. The summed E-state index contributed by atoms with van der Waals surface area (Å²) in [6, 6.07) is 10.5. The number of hydrogen-bond donors (Lipinski definition) is 1. The van der Waals surface area contributed by atoms with Crippen molar-refractivity contribution in [2.24, 2.45) is 5.92 Å². The van der Waals surface area contributed by atoms with Gasteiger partial charge in [-0.1, -0.05) is 49.6 Å². The molecule has 0 bridgehead atoms. The van der Waals surface area contributed by atoms with E-state index in [-0.39, 0.29) is 17.9 Å². The van der Waals surface area contributed by atoms with Crippen LogP contribution in [0.5, 0.6) is 0 Å². The van der Waals surface area contributed by atoms with E-state index in [4.69, 9.17) is 4.74 Å². The lowest BCUT2D eigenvalue weighted by Gasteiger charge is -2.33. The SMILES string of the molecule is O=C(NCCCCN1CCOC(c2ccccc2)C1)C1CCCCC1. The molecule has 1 aromatic carbocycles. The predicted molar refractivity (Wildman–Crippen MR) is 100 cm³/mol. The summed E-state index contributed by atoms with van der Waals surface area (Å²) >= 11 is 0. The van der Waals surface area contributed by atoms with Gasteiger partial charge in [0, 0.05) is 25.6 Å². The molecule has 1 heterocycles. The van der Waals surface area contributed by atoms with E-state index in [0.717, 1.165) is 58.5 Å². The Hall–Kier alpha value is -1.39. The average molecular weight is 344 g/mol. The lowest BCUT2D eigenvalue weighted by Crippen LogP contribution is -2.39. The predicted octanol–water partition coefficient (Wildman–Crippen LogP) is 3.54. The zero-order chi connectivity index (χ0) is 17.3. The fraction of sp³-hybridized carbons (Fsp3) is 0.667. The topological polar surface area (TPSA) is 41.6 Å². The monoisotopic (exact) mass is 344 g/mol. The van der Waals surface area contributed by atoms with E-state index in [1.54, 1.807) is 0 Å². The number of carbonyl (C=O) groups excluding carboxylic acids is 1. The van der Waals surface area contributed by atoms with Gasteiger partial charge in [-0.25, -0.2) is 0 Å². The van der Waals surface area contributed by atoms with Gasteiger partial charge in [0.05, 0.1) is 12.7 Å². The second-order valence-electron chi connectivity index (χ2n) is 7.40. The minimum Gasteiger partial charge on any atom is -0.371 e. The number of morpholine rings is 1. The molecule has 2 fully saturated rings. The van der Waals surface area contributed by atoms with E-state index >= 15 is 0 Å². The third kappa shape index (κ3) is 5.82. The van der Waals surface area contributed by atoms with E-state index in [0.29, 0.717) is 0 Å². The third-order valence-electron chi connectivity index (χ3n) is 5.50. The maximum atomic E-state index is 12.1. The molecule has 25 heavy (non-hydrogen) atoms. The molecule has 0 radical (unpaired) electrons. The molecule has 1 N–H and O–H groups in total. The molecule has 0 aromatic heterocycles. The number of carbonyl (C=O) groups is 1. The molecule has 4 heteroatoms. The third-order valence-corrected chi connectivity index (χ3v) is 5.50. The van der Waals surface area contributed by atoms with Crippen LogP contribution < -0.4 is 5.32 Å². The largest absolute Gasteiger partial charge is 0.371 e. The molecule has 1 unspecified atom stereocenters. The number of nitrogens with one attached hydrogen (secondary N) is 1. The number of rotatable bonds is 7. The van der Waals surface area contributed by atoms with E-state index in [1.807, 2.05) is 6.07 Å². The smallest absolute Gasteiger partial charge is 0.223 e. The maximum Gasteiger partial charge on any atom is 0.223 e. The zero-order valence-corrected chi connectivity index (χ0v) is 15.3. The Morgan fingerprint density at radius 2 is 1.92 bits per heavy atom. The highest BCUT2D eigenvalue weighted by Crippen LogP contribution is 2.24. The van der Waals surface area contributed by atoms with Crippen molar-refractivity contribution in [2.75, 3.05) is 32.8 Å². The van der Waals surface area contributed by atoms with Crippen LogP contribution in [0.15, 0.2) is 30.3 Å². The Balaban J connectivity index is 1.30. The average Bonchev–Trinajstić information content (AvgIpc) is 2.69. The Kier molecular flexibility index (Phi) is 7.31. The molecule has 1 amide bonds. The van der Waals surface area contributed by atoms with Gasteiger partial charge in [-0.3, -0.25) is 9.69 Å². The summed E-state index contributed by atoms with van der Waals surface area (Å²) < 4.78 is 5.92. The molecule has 0 spiro atoms. The molecule has 1 aliphatic carbocycles. The van der Waals surface area contributed by atoms with E-state index in [2.05, 4.69) is 34.5 Å². The highest BCUT2D eigenvalue weighted by Gasteiger charge is 2.22. The van der Waals surface area contributed by atoms with Crippen LogP contribution in [-0.4, -0.2) is 43.6 Å². The number of unbranched alkanes of at least 4 members (excludes halogenated alkanes) is 1. The molecule has 4 nitrogen and oxygen atoms in total. The molecular weight excluding hydrogens is 312 g/mol. The number of benzene rings is 1. The van der Waals surface area contributed by atoms with Crippen molar-refractivity contribution in [3.63, 3.8) is 0 Å². The molecule has 1 saturated carbocycles. The van der Waals surface area contributed by atoms with Gasteiger partial charge in [0.2, 0.25) is 5.91 Å². The van der Waals surface area contributed by atoms with Crippen LogP contribution in [0, 0.1) is 5.92 Å². The van der Waals surface area contributed by atoms with Gasteiger partial charge in [-0.15, -0.1) is 0 Å². The van der Waals surface area contributed by atoms with Crippen LogP contribution in [0.2, 0.25) is 0 Å². The lowest BCUT2D eigenvalue weighted by atomic mass is 9.89. The summed E-state index contributed by atoms with van der Waals surface area (Å²) in [5.74, 6) is 0.565. The van der Waals surface area contributed by atoms with Crippen LogP contribution in [0.1, 0.15) is 56.6 Å². The first-order valence-electron chi connectivity index (χ1n) is 9.99. The first-order chi connectivity index (χ1) is 12.3. The standard InChI is InChI=1S/C21H32N2O2/c24-21(19-11-5-2-6-12-19)22-13-7-8-14-23-15-16-25-20(17-23)18-9-3-1-4-10-18/h1,3-4,9-10,19-20H,2,5-8,11-17H2,(H,22,24). The van der Waals surface area contributed by atoms with Crippen molar-refractivity contribution in [2.45, 2.75) is 51.0 Å². The minimum absolute atomic E-state index is 0.195. The normalized spacial score (nSPS) is 22.6. The summed E-state index contributed by atoms with van der Waals surface area (Å²) in [6.07, 6.45) is 8.29. The summed E-state index contributed by atoms with van der Waals surface area (Å²) in [5, 5.41) is 3.14. The van der Waals surface area contributed by atoms with Gasteiger partial charge in [0.1, 0.15) is 0 Å². The molecule has 1 saturated heterocycles. The van der Waals surface area contributed by atoms with Gasteiger partial charge in [0.15, 0.2) is 0 Å². The van der Waals surface area contributed by atoms with Crippen LogP contribution in [0.25, 0.3) is 0 Å². The number of hydrogen-bond acceptors (Lipinski definition) is 3. The fourth-order valence-corrected chi connectivity index (χ4v) is 3.96. The van der Waals surface area contributed by atoms with Gasteiger partial charge < -0.3 is 10.1 Å². The van der Waals surface area contributed by atoms with Gasteiger partial charge in [-0.2, -0.15) is 0 Å². The molecule has 1 atom stereocenters. The summed E-state index contributed by atoms with van der Waals surface area (Å²) in [7, 11) is 0. The molecule has 3 rings (SSSR count). The first-order valence-corrected chi connectivity index (χ1v) is 9.99. The van der Waals surface area contributed by atoms with Crippen LogP contribution in [0.4, 0.5) is 0 Å². The van der Waals surface area contributed by atoms with E-state index in [9.17, 15) is 4.79 Å². The Morgan fingerprint density at radius 3 is 2.72 bits per heavy atom. The van der Waals surface area contributed by atoms with E-state index in [1.165, 1.54) is 24.8 Å². The second kappa shape index (κ2) is 9.93. The number of amides is 1. The van der Waals surface area contributed by atoms with Crippen molar-refractivity contribution in [1.82, 2.24) is 10.2 Å². The van der Waals surface area contributed by atoms with Gasteiger partial charge in [-0.05, 0) is 37.8 Å². The van der Waals surface area contributed by atoms with Crippen molar-refractivity contribution in [3.05, 3.63) is 35.9 Å². The Morgan fingerprint density at radius 1 is 1.12 bits per heavy atom. The molecular formula is C21H32N2O2. The van der Waals surface area contributed by atoms with Crippen LogP contribution in [0.3, 0.4) is 0 Å². The summed E-state index contributed by atoms with van der Waals surface area (Å²) in [5.41, 5.74) is 1.27. The molecule has 2 aliphatic rings. The Labute approximate surface area is 151 Å². The van der Waals surface area contributed by atoms with Crippen molar-refractivity contribution in [3.8, 4) is 0 Å². The first kappa shape index (κ1) is 18.4. The zero-order valence-electron chi connectivity index (χ0n) is 15.3. The van der Waals surface area contributed by atoms with Crippen LogP contribution in [-0.2, 0) is 9.53 Å². The van der Waals surface area contributed by atoms with Gasteiger partial charge in [0.25, 0.3) is 0 Å². The van der Waals surface area contributed by atoms with Crippen molar-refractivity contribution >= 4 is 5.91 Å². The lowest BCUT2D eigenvalue weighted by molar-refractivity contribution is -0.125. The van der Waals surface area contributed by atoms with Crippen molar-refractivity contribution in [1.29, 1.82) is 0 Å². The molecule has 1 aliphatic heterocycles. The van der Waals surface area contributed by atoms with Gasteiger partial charge >= 0.3 is 0 Å². The maximum absolute atomic E-state index is 12.1. The molecule has 1 aromatic rings. The fourth-order valence-electron chi connectivity index (χ4n) is 3.96. The van der Waals surface area contributed by atoms with Crippen molar-refractivity contribution < 1.29 is 9.53 Å². The highest BCUT2D eigenvalue weighted by atomic mass is 16.5.